The van der Waals surface area contributed by atoms with E-state index in [1.54, 1.807) is 0 Å². The van der Waals surface area contributed by atoms with Crippen molar-refractivity contribution in [3.8, 4) is 0 Å². The minimum absolute atomic E-state index is 0.0163. The van der Waals surface area contributed by atoms with Gasteiger partial charge in [0.2, 0.25) is 17.7 Å². The van der Waals surface area contributed by atoms with E-state index in [4.69, 9.17) is 10.8 Å². The highest BCUT2D eigenvalue weighted by molar-refractivity contribution is 7.80. The maximum Gasteiger partial charge on any atom is 0.328 e. The molecule has 0 rings (SSSR count). The molecule has 0 aromatic carbocycles. The molecule has 0 spiro atoms. The van der Waals surface area contributed by atoms with Crippen LogP contribution < -0.4 is 21.7 Å². The first kappa shape index (κ1) is 25.1. The molecule has 0 radical (unpaired) electrons. The number of amides is 3. The van der Waals surface area contributed by atoms with E-state index in [2.05, 4.69) is 23.3 Å². The summed E-state index contributed by atoms with van der Waals surface area (Å²) in [5.41, 5.74) is 5.47. The normalized spacial score (nSPS) is 17.6. The van der Waals surface area contributed by atoms with Crippen LogP contribution in [-0.4, -0.2) is 92.9 Å². The van der Waals surface area contributed by atoms with Gasteiger partial charge in [-0.25, -0.2) is 4.79 Å². The Morgan fingerprint density at radius 2 is 1.41 bits per heavy atom. The van der Waals surface area contributed by atoms with Crippen molar-refractivity contribution in [3.05, 3.63) is 0 Å². The van der Waals surface area contributed by atoms with Crippen molar-refractivity contribution >= 4 is 36.3 Å². The lowest BCUT2D eigenvalue weighted by Gasteiger charge is -2.25. The molecule has 0 saturated carbocycles. The van der Waals surface area contributed by atoms with E-state index in [0.29, 0.717) is 0 Å². The number of nitrogens with two attached hydrogens (primary N) is 1. The Balaban J connectivity index is 5.13. The van der Waals surface area contributed by atoms with Crippen LogP contribution in [0.2, 0.25) is 0 Å². The van der Waals surface area contributed by atoms with Gasteiger partial charge >= 0.3 is 5.97 Å². The second-order valence-corrected chi connectivity index (χ2v) is 6.19. The smallest absolute Gasteiger partial charge is 0.328 e. The number of aliphatic hydroxyl groups excluding tert-OH is 3. The molecule has 156 valence electrons. The summed E-state index contributed by atoms with van der Waals surface area (Å²) in [5, 5.41) is 43.5. The number of carboxylic acids is 1. The predicted octanol–water partition coefficient (Wildman–Crippen LogP) is -4.46. The Morgan fingerprint density at radius 1 is 0.926 bits per heavy atom. The van der Waals surface area contributed by atoms with Crippen molar-refractivity contribution in [2.75, 3.05) is 12.4 Å². The van der Waals surface area contributed by atoms with Gasteiger partial charge in [0, 0.05) is 5.75 Å². The number of hydrogen-bond donors (Lipinski definition) is 9. The third-order valence-corrected chi connectivity index (χ3v) is 3.85. The van der Waals surface area contributed by atoms with Gasteiger partial charge in [-0.1, -0.05) is 0 Å². The number of nitrogens with one attached hydrogen (secondary N) is 3. The minimum atomic E-state index is -1.66. The molecule has 12 nitrogen and oxygen atoms in total. The molecule has 0 aromatic heterocycles. The molecule has 0 aliphatic carbocycles. The highest BCUT2D eigenvalue weighted by atomic mass is 32.1. The van der Waals surface area contributed by atoms with Crippen LogP contribution in [-0.2, 0) is 19.2 Å². The summed E-state index contributed by atoms with van der Waals surface area (Å²) in [6.45, 7) is 1.44. The number of carbonyl (C=O) groups is 4. The lowest BCUT2D eigenvalue weighted by molar-refractivity contribution is -0.145. The molecular formula is C14H26N4O8S. The van der Waals surface area contributed by atoms with Gasteiger partial charge in [-0.2, -0.15) is 12.6 Å². The first-order valence-corrected chi connectivity index (χ1v) is 8.56. The fourth-order valence-corrected chi connectivity index (χ4v) is 2.01. The molecule has 6 unspecified atom stereocenters. The van der Waals surface area contributed by atoms with Gasteiger partial charge in [0.15, 0.2) is 6.04 Å². The molecule has 6 atom stereocenters. The largest absolute Gasteiger partial charge is 0.480 e. The number of carboxylic acid groups (broad SMARTS) is 1. The topological polar surface area (TPSA) is 211 Å². The van der Waals surface area contributed by atoms with Gasteiger partial charge in [0.1, 0.15) is 12.1 Å². The zero-order valence-corrected chi connectivity index (χ0v) is 15.7. The molecule has 13 heteroatoms. The molecule has 0 aliphatic heterocycles. The maximum atomic E-state index is 12.3. The van der Waals surface area contributed by atoms with Crippen LogP contribution in [0.3, 0.4) is 0 Å². The van der Waals surface area contributed by atoms with E-state index >= 15 is 0 Å². The molecule has 27 heavy (non-hydrogen) atoms. The third kappa shape index (κ3) is 8.09. The number of carbonyl (C=O) groups excluding carboxylic acids is 3. The van der Waals surface area contributed by atoms with Crippen LogP contribution >= 0.6 is 12.6 Å². The van der Waals surface area contributed by atoms with Crippen molar-refractivity contribution in [1.29, 1.82) is 0 Å². The standard InChI is InChI=1S/C14H26N4O8S/c1-5(20)9(17-11(22)7(15)4-27)13(24)16-8(3-19)12(23)18-10(6(2)21)14(25)26/h5-10,19-21,27H,3-4,15H2,1-2H3,(H,16,24)(H,17,22)(H,18,23)(H,25,26). The molecule has 0 bridgehead atoms. The van der Waals surface area contributed by atoms with E-state index in [9.17, 15) is 34.5 Å². The van der Waals surface area contributed by atoms with E-state index in [1.165, 1.54) is 6.92 Å². The fraction of sp³-hybridized carbons (Fsp3) is 0.714. The zero-order chi connectivity index (χ0) is 21.3. The highest BCUT2D eigenvalue weighted by Crippen LogP contribution is 1.99. The van der Waals surface area contributed by atoms with Crippen LogP contribution in [0.25, 0.3) is 0 Å². The van der Waals surface area contributed by atoms with Crippen molar-refractivity contribution in [2.45, 2.75) is 50.2 Å². The number of thiol groups is 1. The van der Waals surface area contributed by atoms with E-state index in [1.807, 2.05) is 5.32 Å². The zero-order valence-electron chi connectivity index (χ0n) is 14.8. The molecule has 3 amide bonds. The summed E-state index contributed by atoms with van der Waals surface area (Å²) in [7, 11) is 0. The monoisotopic (exact) mass is 410 g/mol. The van der Waals surface area contributed by atoms with Gasteiger partial charge in [-0.3, -0.25) is 14.4 Å². The lowest BCUT2D eigenvalue weighted by Crippen LogP contribution is -2.61. The fourth-order valence-electron chi connectivity index (χ4n) is 1.85. The predicted molar refractivity (Wildman–Crippen MR) is 95.7 cm³/mol. The Hall–Kier alpha value is -1.93. The van der Waals surface area contributed by atoms with Gasteiger partial charge in [0.25, 0.3) is 0 Å². The molecule has 0 fully saturated rings. The van der Waals surface area contributed by atoms with Crippen molar-refractivity contribution in [2.24, 2.45) is 5.73 Å². The molecule has 0 heterocycles. The van der Waals surface area contributed by atoms with Gasteiger partial charge < -0.3 is 42.1 Å². The Kier molecular flexibility index (Phi) is 10.9. The third-order valence-electron chi connectivity index (χ3n) is 3.46. The quantitative estimate of drug-likeness (QED) is 0.150. The number of rotatable bonds is 11. The summed E-state index contributed by atoms with van der Waals surface area (Å²) in [5.74, 6) is -4.39. The second-order valence-electron chi connectivity index (χ2n) is 5.82. The first-order chi connectivity index (χ1) is 12.5. The van der Waals surface area contributed by atoms with Crippen molar-refractivity contribution < 1.29 is 39.6 Å². The average molecular weight is 410 g/mol. The Morgan fingerprint density at radius 3 is 1.78 bits per heavy atom. The van der Waals surface area contributed by atoms with Crippen LogP contribution in [0.5, 0.6) is 0 Å². The number of hydrogen-bond acceptors (Lipinski definition) is 9. The van der Waals surface area contributed by atoms with E-state index < -0.39 is 66.7 Å². The SMILES string of the molecule is CC(O)C(NC(=O)C(CO)NC(=O)C(NC(=O)C(N)CS)C(C)O)C(=O)O. The van der Waals surface area contributed by atoms with E-state index in [-0.39, 0.29) is 5.75 Å². The Labute approximate surface area is 160 Å². The second kappa shape index (κ2) is 11.7. The van der Waals surface area contributed by atoms with Crippen molar-refractivity contribution in [3.63, 3.8) is 0 Å². The molecule has 0 saturated heterocycles. The van der Waals surface area contributed by atoms with Crippen LogP contribution in [0.15, 0.2) is 0 Å². The summed E-state index contributed by atoms with van der Waals surface area (Å²) < 4.78 is 0. The summed E-state index contributed by atoms with van der Waals surface area (Å²) in [6.07, 6.45) is -2.80. The highest BCUT2D eigenvalue weighted by Gasteiger charge is 2.33. The summed E-state index contributed by atoms with van der Waals surface area (Å²) in [6, 6.07) is -5.78. The summed E-state index contributed by atoms with van der Waals surface area (Å²) >= 11 is 3.84. The molecule has 9 N–H and O–H groups in total. The van der Waals surface area contributed by atoms with Gasteiger partial charge in [-0.15, -0.1) is 0 Å². The van der Waals surface area contributed by atoms with Gasteiger partial charge in [-0.05, 0) is 13.8 Å². The number of aliphatic carboxylic acids is 1. The van der Waals surface area contributed by atoms with Crippen LogP contribution in [0.4, 0.5) is 0 Å². The molecule has 0 aliphatic rings. The molecule has 0 aromatic rings. The Bertz CT molecular complexity index is 545. The average Bonchev–Trinajstić information content (AvgIpc) is 2.59. The lowest BCUT2D eigenvalue weighted by atomic mass is 10.1. The van der Waals surface area contributed by atoms with E-state index in [0.717, 1.165) is 6.92 Å². The first-order valence-electron chi connectivity index (χ1n) is 7.93. The number of aliphatic hydroxyl groups is 3. The maximum absolute atomic E-state index is 12.3. The van der Waals surface area contributed by atoms with Crippen LogP contribution in [0.1, 0.15) is 13.8 Å². The van der Waals surface area contributed by atoms with Crippen LogP contribution in [0, 0.1) is 0 Å². The summed E-state index contributed by atoms with van der Waals surface area (Å²) in [4.78, 5) is 47.1. The van der Waals surface area contributed by atoms with Crippen molar-refractivity contribution in [1.82, 2.24) is 16.0 Å². The van der Waals surface area contributed by atoms with Gasteiger partial charge in [0.05, 0.1) is 24.9 Å². The molecular weight excluding hydrogens is 384 g/mol. The minimum Gasteiger partial charge on any atom is -0.480 e.